The zero-order valence-electron chi connectivity index (χ0n) is 16.3. The Labute approximate surface area is 185 Å². The number of carbonyl (C=O) groups excluding carboxylic acids is 2. The first-order valence-electron chi connectivity index (χ1n) is 9.36. The zero-order chi connectivity index (χ0) is 22.9. The van der Waals surface area contributed by atoms with Gasteiger partial charge in [0, 0.05) is 5.56 Å². The molecule has 0 spiro atoms. The minimum Gasteiger partial charge on any atom is -0.467 e. The number of carbonyl (C=O) groups is 2. The molecule has 0 fully saturated rings. The van der Waals surface area contributed by atoms with Crippen molar-refractivity contribution in [2.75, 3.05) is 0 Å². The highest BCUT2D eigenvalue weighted by molar-refractivity contribution is 6.34. The van der Waals surface area contributed by atoms with Crippen molar-refractivity contribution >= 4 is 29.3 Å². The fraction of sp³-hybridized carbons (Fsp3) is 0.136. The highest BCUT2D eigenvalue weighted by Gasteiger charge is 2.67. The summed E-state index contributed by atoms with van der Waals surface area (Å²) in [4.78, 5) is 30.6. The molecule has 2 amide bonds. The summed E-state index contributed by atoms with van der Waals surface area (Å²) in [5.74, 6) is -2.64. The van der Waals surface area contributed by atoms with Crippen LogP contribution < -0.4 is 5.32 Å². The maximum Gasteiger partial charge on any atom is 0.442 e. The highest BCUT2D eigenvalue weighted by Crippen LogP contribution is 2.39. The summed E-state index contributed by atoms with van der Waals surface area (Å²) in [6.07, 6.45) is -3.90. The van der Waals surface area contributed by atoms with Crippen molar-refractivity contribution in [2.24, 2.45) is 4.99 Å². The second-order valence-corrected chi connectivity index (χ2v) is 7.32. The first-order chi connectivity index (χ1) is 15.2. The van der Waals surface area contributed by atoms with E-state index in [0.29, 0.717) is 0 Å². The SMILES string of the molecule is O=C(N[C@]1(C(F)(F)F)N=C(c2ccccc2)N(Cc2ccco2)C1=O)c1ccccc1Cl. The molecule has 0 bridgehead atoms. The van der Waals surface area contributed by atoms with E-state index in [2.05, 4.69) is 4.99 Å². The quantitative estimate of drug-likeness (QED) is 0.611. The number of hydrogen-bond donors (Lipinski definition) is 1. The van der Waals surface area contributed by atoms with Gasteiger partial charge in [0.25, 0.3) is 11.8 Å². The second kappa shape index (κ2) is 8.16. The predicted molar refractivity (Wildman–Crippen MR) is 110 cm³/mol. The van der Waals surface area contributed by atoms with E-state index in [9.17, 15) is 22.8 Å². The van der Waals surface area contributed by atoms with Crippen molar-refractivity contribution in [2.45, 2.75) is 18.4 Å². The van der Waals surface area contributed by atoms with Gasteiger partial charge in [0.1, 0.15) is 11.6 Å². The molecule has 0 saturated carbocycles. The molecule has 6 nitrogen and oxygen atoms in total. The average Bonchev–Trinajstić information content (AvgIpc) is 3.37. The summed E-state index contributed by atoms with van der Waals surface area (Å²) in [5, 5.41) is 1.73. The number of halogens is 4. The number of amides is 2. The minimum atomic E-state index is -5.24. The number of hydrogen-bond acceptors (Lipinski definition) is 4. The third kappa shape index (κ3) is 3.75. The van der Waals surface area contributed by atoms with E-state index in [1.807, 2.05) is 0 Å². The first kappa shape index (κ1) is 21.6. The van der Waals surface area contributed by atoms with Gasteiger partial charge in [-0.1, -0.05) is 54.1 Å². The maximum absolute atomic E-state index is 14.4. The van der Waals surface area contributed by atoms with Gasteiger partial charge in [-0.2, -0.15) is 13.2 Å². The van der Waals surface area contributed by atoms with Gasteiger partial charge in [0.15, 0.2) is 0 Å². The lowest BCUT2D eigenvalue weighted by Gasteiger charge is -2.29. The van der Waals surface area contributed by atoms with E-state index in [4.69, 9.17) is 16.0 Å². The number of amidine groups is 1. The van der Waals surface area contributed by atoms with Crippen LogP contribution in [0, 0.1) is 0 Å². The molecular formula is C22H15ClF3N3O3. The van der Waals surface area contributed by atoms with Crippen LogP contribution in [0.4, 0.5) is 13.2 Å². The molecule has 0 unspecified atom stereocenters. The molecule has 32 heavy (non-hydrogen) atoms. The van der Waals surface area contributed by atoms with Crippen molar-refractivity contribution < 1.29 is 27.2 Å². The van der Waals surface area contributed by atoms with Gasteiger partial charge in [-0.25, -0.2) is 4.99 Å². The number of rotatable bonds is 5. The molecule has 1 atom stereocenters. The lowest BCUT2D eigenvalue weighted by atomic mass is 10.1. The standard InChI is InChI=1S/C22H15ClF3N3O3/c23-17-11-5-4-10-16(17)19(30)28-21(22(24,25)26)20(31)29(13-15-9-6-12-32-15)18(27-21)14-7-2-1-3-8-14/h1-12H,13H2,(H,28,30)/t21-/m1/s1. The summed E-state index contributed by atoms with van der Waals surface area (Å²) in [6.45, 7) is -0.306. The van der Waals surface area contributed by atoms with Crippen LogP contribution >= 0.6 is 11.6 Å². The average molecular weight is 462 g/mol. The van der Waals surface area contributed by atoms with Gasteiger partial charge in [-0.3, -0.25) is 14.5 Å². The molecule has 0 aliphatic carbocycles. The molecule has 0 radical (unpaired) electrons. The smallest absolute Gasteiger partial charge is 0.442 e. The van der Waals surface area contributed by atoms with Gasteiger partial charge >= 0.3 is 11.8 Å². The monoisotopic (exact) mass is 461 g/mol. The van der Waals surface area contributed by atoms with E-state index < -0.39 is 23.7 Å². The van der Waals surface area contributed by atoms with Crippen molar-refractivity contribution in [1.82, 2.24) is 10.2 Å². The van der Waals surface area contributed by atoms with Crippen molar-refractivity contribution in [3.63, 3.8) is 0 Å². The lowest BCUT2D eigenvalue weighted by Crippen LogP contribution is -2.63. The van der Waals surface area contributed by atoms with Gasteiger partial charge in [-0.15, -0.1) is 0 Å². The summed E-state index contributed by atoms with van der Waals surface area (Å²) >= 11 is 5.96. The normalized spacial score (nSPS) is 18.6. The number of furan rings is 1. The molecule has 10 heteroatoms. The summed E-state index contributed by atoms with van der Waals surface area (Å²) < 4.78 is 48.3. The fourth-order valence-corrected chi connectivity index (χ4v) is 3.51. The van der Waals surface area contributed by atoms with Crippen LogP contribution in [0.5, 0.6) is 0 Å². The largest absolute Gasteiger partial charge is 0.467 e. The third-order valence-corrected chi connectivity index (χ3v) is 5.16. The molecule has 1 aliphatic rings. The Bertz CT molecular complexity index is 1180. The van der Waals surface area contributed by atoms with Crippen LogP contribution in [0.3, 0.4) is 0 Å². The molecular weight excluding hydrogens is 447 g/mol. The Balaban J connectivity index is 1.82. The van der Waals surface area contributed by atoms with Gasteiger partial charge in [0.05, 0.1) is 23.4 Å². The Morgan fingerprint density at radius 2 is 1.75 bits per heavy atom. The van der Waals surface area contributed by atoms with Gasteiger partial charge in [-0.05, 0) is 24.3 Å². The number of aliphatic imine (C=N–C) groups is 1. The van der Waals surface area contributed by atoms with Crippen molar-refractivity contribution in [3.8, 4) is 0 Å². The van der Waals surface area contributed by atoms with Gasteiger partial charge in [0.2, 0.25) is 0 Å². The minimum absolute atomic E-state index is 0.0625. The molecule has 2 heterocycles. The van der Waals surface area contributed by atoms with E-state index >= 15 is 0 Å². The fourth-order valence-electron chi connectivity index (χ4n) is 3.29. The highest BCUT2D eigenvalue weighted by atomic mass is 35.5. The van der Waals surface area contributed by atoms with Crippen molar-refractivity contribution in [3.05, 3.63) is 94.9 Å². The molecule has 4 rings (SSSR count). The van der Waals surface area contributed by atoms with Crippen LogP contribution in [-0.4, -0.2) is 34.4 Å². The van der Waals surface area contributed by atoms with E-state index in [0.717, 1.165) is 4.90 Å². The summed E-state index contributed by atoms with van der Waals surface area (Å²) in [5.41, 5.74) is -3.47. The second-order valence-electron chi connectivity index (χ2n) is 6.91. The number of nitrogens with zero attached hydrogens (tertiary/aromatic N) is 2. The van der Waals surface area contributed by atoms with Gasteiger partial charge < -0.3 is 9.73 Å². The zero-order valence-corrected chi connectivity index (χ0v) is 17.0. The van der Waals surface area contributed by atoms with E-state index in [1.54, 1.807) is 29.6 Å². The molecule has 3 aromatic rings. The first-order valence-corrected chi connectivity index (χ1v) is 9.74. The maximum atomic E-state index is 14.4. The summed E-state index contributed by atoms with van der Waals surface area (Å²) in [7, 11) is 0. The van der Waals surface area contributed by atoms with Crippen LogP contribution in [-0.2, 0) is 11.3 Å². The third-order valence-electron chi connectivity index (χ3n) is 4.83. The Morgan fingerprint density at radius 3 is 2.38 bits per heavy atom. The number of benzene rings is 2. The Hall–Kier alpha value is -3.59. The summed E-state index contributed by atoms with van der Waals surface area (Å²) in [6, 6.07) is 16.6. The number of nitrogens with one attached hydrogen (secondary N) is 1. The molecule has 1 N–H and O–H groups in total. The molecule has 1 aromatic heterocycles. The molecule has 0 saturated heterocycles. The lowest BCUT2D eigenvalue weighted by molar-refractivity contribution is -0.196. The van der Waals surface area contributed by atoms with Crippen LogP contribution in [0.15, 0.2) is 82.4 Å². The van der Waals surface area contributed by atoms with Crippen LogP contribution in [0.25, 0.3) is 0 Å². The van der Waals surface area contributed by atoms with E-state index in [-0.39, 0.29) is 34.3 Å². The van der Waals surface area contributed by atoms with Crippen LogP contribution in [0.1, 0.15) is 21.7 Å². The molecule has 1 aliphatic heterocycles. The van der Waals surface area contributed by atoms with E-state index in [1.165, 1.54) is 48.7 Å². The van der Waals surface area contributed by atoms with Crippen LogP contribution in [0.2, 0.25) is 5.02 Å². The topological polar surface area (TPSA) is 74.9 Å². The predicted octanol–water partition coefficient (Wildman–Crippen LogP) is 4.41. The molecule has 164 valence electrons. The Kier molecular flexibility index (Phi) is 5.52. The number of alkyl halides is 3. The molecule has 2 aromatic carbocycles. The Morgan fingerprint density at radius 1 is 1.06 bits per heavy atom. The van der Waals surface area contributed by atoms with Crippen molar-refractivity contribution in [1.29, 1.82) is 0 Å².